The molecule has 0 saturated carbocycles. The van der Waals surface area contributed by atoms with Crippen LogP contribution in [-0.4, -0.2) is 34.2 Å². The van der Waals surface area contributed by atoms with E-state index in [0.29, 0.717) is 18.0 Å². The molecule has 6 heteroatoms. The van der Waals surface area contributed by atoms with E-state index in [1.165, 1.54) is 0 Å². The zero-order valence-electron chi connectivity index (χ0n) is 13.6. The Hall–Kier alpha value is -1.11. The number of hydrogen-bond acceptors (Lipinski definition) is 4. The van der Waals surface area contributed by atoms with Crippen LogP contribution in [0.4, 0.5) is 0 Å². The summed E-state index contributed by atoms with van der Waals surface area (Å²) in [6.45, 7) is 8.31. The second-order valence-corrected chi connectivity index (χ2v) is 7.73. The lowest BCUT2D eigenvalue weighted by Crippen LogP contribution is -2.36. The SMILES string of the molecule is CCCOc1ccc(S(=O)(=O)N[C@H]2CCNC2)cc1C(C)C. The van der Waals surface area contributed by atoms with E-state index in [-0.39, 0.29) is 12.0 Å². The lowest BCUT2D eigenvalue weighted by molar-refractivity contribution is 0.312. The molecule has 124 valence electrons. The summed E-state index contributed by atoms with van der Waals surface area (Å²) in [5.41, 5.74) is 0.931. The average molecular weight is 326 g/mol. The van der Waals surface area contributed by atoms with Gasteiger partial charge in [-0.25, -0.2) is 13.1 Å². The summed E-state index contributed by atoms with van der Waals surface area (Å²) in [6.07, 6.45) is 1.75. The summed E-state index contributed by atoms with van der Waals surface area (Å²) in [4.78, 5) is 0.312. The minimum Gasteiger partial charge on any atom is -0.493 e. The zero-order chi connectivity index (χ0) is 16.2. The first kappa shape index (κ1) is 17.2. The normalized spacial score (nSPS) is 18.8. The van der Waals surface area contributed by atoms with Gasteiger partial charge >= 0.3 is 0 Å². The molecule has 1 atom stereocenters. The van der Waals surface area contributed by atoms with Crippen molar-refractivity contribution in [3.63, 3.8) is 0 Å². The first-order valence-corrected chi connectivity index (χ1v) is 9.42. The summed E-state index contributed by atoms with van der Waals surface area (Å²) in [6, 6.07) is 5.11. The summed E-state index contributed by atoms with van der Waals surface area (Å²) >= 11 is 0. The number of ether oxygens (including phenoxy) is 1. The van der Waals surface area contributed by atoms with Crippen LogP contribution in [0.2, 0.25) is 0 Å². The van der Waals surface area contributed by atoms with E-state index in [1.807, 2.05) is 20.8 Å². The molecule has 1 fully saturated rings. The summed E-state index contributed by atoms with van der Waals surface area (Å²) in [5, 5.41) is 3.16. The minimum absolute atomic E-state index is 0.0245. The molecule has 1 saturated heterocycles. The monoisotopic (exact) mass is 326 g/mol. The maximum absolute atomic E-state index is 12.5. The molecule has 0 aliphatic carbocycles. The Bertz CT molecular complexity index is 593. The lowest BCUT2D eigenvalue weighted by Gasteiger charge is -2.17. The van der Waals surface area contributed by atoms with Gasteiger partial charge in [0, 0.05) is 12.6 Å². The highest BCUT2D eigenvalue weighted by atomic mass is 32.2. The van der Waals surface area contributed by atoms with E-state index in [9.17, 15) is 8.42 Å². The van der Waals surface area contributed by atoms with Crippen molar-refractivity contribution < 1.29 is 13.2 Å². The number of benzene rings is 1. The van der Waals surface area contributed by atoms with Crippen LogP contribution < -0.4 is 14.8 Å². The number of nitrogens with one attached hydrogen (secondary N) is 2. The van der Waals surface area contributed by atoms with Gasteiger partial charge in [-0.15, -0.1) is 0 Å². The summed E-state index contributed by atoms with van der Waals surface area (Å²) in [7, 11) is -3.48. The largest absolute Gasteiger partial charge is 0.493 e. The molecule has 0 unspecified atom stereocenters. The van der Waals surface area contributed by atoms with Gasteiger partial charge in [-0.05, 0) is 49.1 Å². The van der Waals surface area contributed by atoms with Gasteiger partial charge in [0.1, 0.15) is 5.75 Å². The highest BCUT2D eigenvalue weighted by Crippen LogP contribution is 2.29. The van der Waals surface area contributed by atoms with E-state index in [1.54, 1.807) is 18.2 Å². The number of sulfonamides is 1. The van der Waals surface area contributed by atoms with Crippen LogP contribution in [0.3, 0.4) is 0 Å². The average Bonchev–Trinajstić information content (AvgIpc) is 2.96. The van der Waals surface area contributed by atoms with Crippen molar-refractivity contribution in [3.8, 4) is 5.75 Å². The predicted octanol–water partition coefficient (Wildman–Crippen LogP) is 2.24. The van der Waals surface area contributed by atoms with Gasteiger partial charge in [0.15, 0.2) is 0 Å². The smallest absolute Gasteiger partial charge is 0.240 e. The Morgan fingerprint density at radius 3 is 2.77 bits per heavy atom. The Morgan fingerprint density at radius 2 is 2.18 bits per heavy atom. The Morgan fingerprint density at radius 1 is 1.41 bits per heavy atom. The summed E-state index contributed by atoms with van der Waals surface area (Å²) < 4.78 is 33.5. The molecule has 2 N–H and O–H groups in total. The Balaban J connectivity index is 2.24. The molecule has 5 nitrogen and oxygen atoms in total. The van der Waals surface area contributed by atoms with Crippen molar-refractivity contribution in [2.45, 2.75) is 50.5 Å². The van der Waals surface area contributed by atoms with Crippen molar-refractivity contribution in [2.24, 2.45) is 0 Å². The van der Waals surface area contributed by atoms with Crippen molar-refractivity contribution in [1.29, 1.82) is 0 Å². The van der Waals surface area contributed by atoms with Gasteiger partial charge in [-0.1, -0.05) is 20.8 Å². The number of rotatable bonds is 7. The van der Waals surface area contributed by atoms with Crippen molar-refractivity contribution in [3.05, 3.63) is 23.8 Å². The predicted molar refractivity (Wildman–Crippen MR) is 87.9 cm³/mol. The van der Waals surface area contributed by atoms with Gasteiger partial charge in [0.05, 0.1) is 11.5 Å². The van der Waals surface area contributed by atoms with Crippen LogP contribution in [0, 0.1) is 0 Å². The van der Waals surface area contributed by atoms with Crippen molar-refractivity contribution >= 4 is 10.0 Å². The van der Waals surface area contributed by atoms with Crippen LogP contribution in [0.1, 0.15) is 45.1 Å². The first-order chi connectivity index (χ1) is 10.4. The Labute approximate surface area is 133 Å². The second kappa shape index (κ2) is 7.44. The second-order valence-electron chi connectivity index (χ2n) is 6.01. The third kappa shape index (κ3) is 4.21. The van der Waals surface area contributed by atoms with E-state index in [2.05, 4.69) is 10.0 Å². The fourth-order valence-corrected chi connectivity index (χ4v) is 3.84. The first-order valence-electron chi connectivity index (χ1n) is 7.94. The van der Waals surface area contributed by atoms with Crippen LogP contribution in [-0.2, 0) is 10.0 Å². The molecular weight excluding hydrogens is 300 g/mol. The van der Waals surface area contributed by atoms with Gasteiger partial charge in [0.2, 0.25) is 10.0 Å². The molecule has 1 aliphatic rings. The highest BCUT2D eigenvalue weighted by molar-refractivity contribution is 7.89. The highest BCUT2D eigenvalue weighted by Gasteiger charge is 2.24. The molecule has 0 aromatic heterocycles. The third-order valence-corrected chi connectivity index (χ3v) is 5.28. The zero-order valence-corrected chi connectivity index (χ0v) is 14.4. The molecule has 0 amide bonds. The van der Waals surface area contributed by atoms with Crippen LogP contribution >= 0.6 is 0 Å². The molecule has 22 heavy (non-hydrogen) atoms. The maximum atomic E-state index is 12.5. The fourth-order valence-electron chi connectivity index (χ4n) is 2.53. The quantitative estimate of drug-likeness (QED) is 0.806. The van der Waals surface area contributed by atoms with E-state index >= 15 is 0 Å². The number of hydrogen-bond donors (Lipinski definition) is 2. The minimum atomic E-state index is -3.48. The van der Waals surface area contributed by atoms with Gasteiger partial charge in [0.25, 0.3) is 0 Å². The van der Waals surface area contributed by atoms with Crippen molar-refractivity contribution in [2.75, 3.05) is 19.7 Å². The molecular formula is C16H26N2O3S. The fraction of sp³-hybridized carbons (Fsp3) is 0.625. The third-order valence-electron chi connectivity index (χ3n) is 3.76. The molecule has 0 bridgehead atoms. The van der Waals surface area contributed by atoms with Gasteiger partial charge < -0.3 is 10.1 Å². The maximum Gasteiger partial charge on any atom is 0.240 e. The standard InChI is InChI=1S/C16H26N2O3S/c1-4-9-21-16-6-5-14(10-15(16)12(2)3)22(19,20)18-13-7-8-17-11-13/h5-6,10,12-13,17-18H,4,7-9,11H2,1-3H3/t13-/m0/s1. The summed E-state index contributed by atoms with van der Waals surface area (Å²) in [5.74, 6) is 0.980. The molecule has 0 radical (unpaired) electrons. The van der Waals surface area contributed by atoms with E-state index in [0.717, 1.165) is 30.7 Å². The molecule has 0 spiro atoms. The van der Waals surface area contributed by atoms with Gasteiger partial charge in [-0.2, -0.15) is 0 Å². The van der Waals surface area contributed by atoms with Gasteiger partial charge in [-0.3, -0.25) is 0 Å². The molecule has 1 aromatic carbocycles. The van der Waals surface area contributed by atoms with E-state index < -0.39 is 10.0 Å². The van der Waals surface area contributed by atoms with Crippen LogP contribution in [0.15, 0.2) is 23.1 Å². The van der Waals surface area contributed by atoms with Crippen LogP contribution in [0.25, 0.3) is 0 Å². The van der Waals surface area contributed by atoms with Crippen molar-refractivity contribution in [1.82, 2.24) is 10.0 Å². The topological polar surface area (TPSA) is 67.4 Å². The molecule has 1 heterocycles. The van der Waals surface area contributed by atoms with Crippen LogP contribution in [0.5, 0.6) is 5.75 Å². The Kier molecular flexibility index (Phi) is 5.83. The molecule has 1 aliphatic heterocycles. The molecule has 1 aromatic rings. The van der Waals surface area contributed by atoms with E-state index in [4.69, 9.17) is 4.74 Å². The lowest BCUT2D eigenvalue weighted by atomic mass is 10.0. The molecule has 2 rings (SSSR count).